The summed E-state index contributed by atoms with van der Waals surface area (Å²) in [4.78, 5) is 0. The van der Waals surface area contributed by atoms with E-state index in [0.29, 0.717) is 6.54 Å². The van der Waals surface area contributed by atoms with Crippen LogP contribution in [0.1, 0.15) is 13.8 Å². The van der Waals surface area contributed by atoms with E-state index in [2.05, 4.69) is 28.9 Å². The molecule has 0 bridgehead atoms. The molecule has 2 rings (SSSR count). The normalized spacial score (nSPS) is 11.9. The number of hydrogen-bond acceptors (Lipinski definition) is 3. The number of hydrogen-bond donors (Lipinski definition) is 2. The molecule has 0 atom stereocenters. The Morgan fingerprint density at radius 2 is 2.13 bits per heavy atom. The molecule has 0 spiro atoms. The van der Waals surface area contributed by atoms with E-state index in [0.717, 1.165) is 5.69 Å². The summed E-state index contributed by atoms with van der Waals surface area (Å²) in [5.74, 6) is 0. The molecule has 0 saturated carbocycles. The Balaban J connectivity index is 2.15. The van der Waals surface area contributed by atoms with Crippen LogP contribution in [0.15, 0.2) is 29.6 Å². The summed E-state index contributed by atoms with van der Waals surface area (Å²) in [7, 11) is 0. The molecule has 80 valence electrons. The predicted molar refractivity (Wildman–Crippen MR) is 66.6 cm³/mol. The summed E-state index contributed by atoms with van der Waals surface area (Å²) in [6.45, 7) is 4.15. The van der Waals surface area contributed by atoms with Crippen LogP contribution in [0.5, 0.6) is 0 Å². The van der Waals surface area contributed by atoms with Gasteiger partial charge in [0.1, 0.15) is 0 Å². The molecule has 2 aromatic rings. The van der Waals surface area contributed by atoms with Gasteiger partial charge in [-0.05, 0) is 48.9 Å². The van der Waals surface area contributed by atoms with Gasteiger partial charge in [0.05, 0.1) is 5.60 Å². The molecule has 0 radical (unpaired) electrons. The fourth-order valence-corrected chi connectivity index (χ4v) is 2.17. The summed E-state index contributed by atoms with van der Waals surface area (Å²) in [6, 6.07) is 8.37. The number of thiophene rings is 1. The molecule has 0 aliphatic carbocycles. The smallest absolute Gasteiger partial charge is 0.0763 e. The van der Waals surface area contributed by atoms with Crippen LogP contribution in [-0.4, -0.2) is 17.3 Å². The summed E-state index contributed by atoms with van der Waals surface area (Å²) < 4.78 is 1.30. The predicted octanol–water partition coefficient (Wildman–Crippen LogP) is 3.08. The number of benzene rings is 1. The minimum Gasteiger partial charge on any atom is -0.389 e. The second kappa shape index (κ2) is 3.83. The third kappa shape index (κ3) is 2.70. The molecule has 1 aromatic carbocycles. The van der Waals surface area contributed by atoms with Crippen molar-refractivity contribution >= 4 is 27.1 Å². The highest BCUT2D eigenvalue weighted by Gasteiger charge is 2.11. The zero-order valence-electron chi connectivity index (χ0n) is 8.95. The lowest BCUT2D eigenvalue weighted by Gasteiger charge is -2.18. The van der Waals surface area contributed by atoms with Gasteiger partial charge in [-0.15, -0.1) is 11.3 Å². The van der Waals surface area contributed by atoms with Crippen LogP contribution < -0.4 is 5.32 Å². The van der Waals surface area contributed by atoms with Crippen LogP contribution in [0, 0.1) is 0 Å². The van der Waals surface area contributed by atoms with Crippen LogP contribution in [0.25, 0.3) is 10.1 Å². The number of fused-ring (bicyclic) bond motifs is 1. The Labute approximate surface area is 93.6 Å². The summed E-state index contributed by atoms with van der Waals surface area (Å²) in [6.07, 6.45) is 0. The number of aliphatic hydroxyl groups is 1. The fourth-order valence-electron chi connectivity index (χ4n) is 1.39. The first-order chi connectivity index (χ1) is 7.04. The molecule has 2 N–H and O–H groups in total. The van der Waals surface area contributed by atoms with Crippen LogP contribution in [0.2, 0.25) is 0 Å². The second-order valence-corrected chi connectivity index (χ2v) is 5.29. The third-order valence-corrected chi connectivity index (χ3v) is 3.08. The minimum absolute atomic E-state index is 0.558. The van der Waals surface area contributed by atoms with Crippen LogP contribution in [-0.2, 0) is 0 Å². The van der Waals surface area contributed by atoms with Crippen molar-refractivity contribution in [3.63, 3.8) is 0 Å². The third-order valence-electron chi connectivity index (χ3n) is 2.18. The second-order valence-electron chi connectivity index (χ2n) is 4.34. The highest BCUT2D eigenvalue weighted by Crippen LogP contribution is 2.24. The van der Waals surface area contributed by atoms with Crippen molar-refractivity contribution < 1.29 is 5.11 Å². The summed E-state index contributed by atoms with van der Waals surface area (Å²) in [5.41, 5.74) is 0.381. The number of rotatable bonds is 3. The van der Waals surface area contributed by atoms with Gasteiger partial charge in [0, 0.05) is 16.9 Å². The van der Waals surface area contributed by atoms with Crippen molar-refractivity contribution in [1.82, 2.24) is 0 Å². The molecule has 1 aromatic heterocycles. The lowest BCUT2D eigenvalue weighted by molar-refractivity contribution is 0.0945. The molecule has 2 nitrogen and oxygen atoms in total. The van der Waals surface area contributed by atoms with E-state index in [9.17, 15) is 5.11 Å². The van der Waals surface area contributed by atoms with E-state index in [-0.39, 0.29) is 0 Å². The maximum Gasteiger partial charge on any atom is 0.0763 e. The van der Waals surface area contributed by atoms with Gasteiger partial charge in [0.25, 0.3) is 0 Å². The SMILES string of the molecule is CC(C)(O)CNc1ccc2sccc2c1. The maximum atomic E-state index is 9.59. The van der Waals surface area contributed by atoms with E-state index in [1.807, 2.05) is 6.07 Å². The van der Waals surface area contributed by atoms with Crippen molar-refractivity contribution in [2.75, 3.05) is 11.9 Å². The monoisotopic (exact) mass is 221 g/mol. The number of nitrogens with one attached hydrogen (secondary N) is 1. The van der Waals surface area contributed by atoms with E-state index < -0.39 is 5.60 Å². The van der Waals surface area contributed by atoms with Crippen molar-refractivity contribution in [2.45, 2.75) is 19.4 Å². The fraction of sp³-hybridized carbons (Fsp3) is 0.333. The Bertz CT molecular complexity index is 456. The Morgan fingerprint density at radius 1 is 1.33 bits per heavy atom. The molecule has 0 amide bonds. The lowest BCUT2D eigenvalue weighted by Crippen LogP contribution is -2.29. The highest BCUT2D eigenvalue weighted by molar-refractivity contribution is 7.17. The summed E-state index contributed by atoms with van der Waals surface area (Å²) >= 11 is 1.74. The minimum atomic E-state index is -0.677. The van der Waals surface area contributed by atoms with Crippen molar-refractivity contribution in [1.29, 1.82) is 0 Å². The first-order valence-corrected chi connectivity index (χ1v) is 5.86. The molecular formula is C12H15NOS. The molecule has 0 aliphatic rings. The van der Waals surface area contributed by atoms with Crippen LogP contribution in [0.3, 0.4) is 0 Å². The van der Waals surface area contributed by atoms with E-state index >= 15 is 0 Å². The Hall–Kier alpha value is -1.06. The van der Waals surface area contributed by atoms with Gasteiger partial charge in [0.15, 0.2) is 0 Å². The van der Waals surface area contributed by atoms with Gasteiger partial charge in [-0.2, -0.15) is 0 Å². The van der Waals surface area contributed by atoms with Gasteiger partial charge in [-0.3, -0.25) is 0 Å². The Morgan fingerprint density at radius 3 is 2.87 bits per heavy atom. The largest absolute Gasteiger partial charge is 0.389 e. The zero-order chi connectivity index (χ0) is 10.9. The standard InChI is InChI=1S/C12H15NOS/c1-12(2,14)8-13-10-3-4-11-9(7-10)5-6-15-11/h3-7,13-14H,8H2,1-2H3. The molecular weight excluding hydrogens is 206 g/mol. The average molecular weight is 221 g/mol. The van der Waals surface area contributed by atoms with Gasteiger partial charge in [-0.1, -0.05) is 0 Å². The first-order valence-electron chi connectivity index (χ1n) is 4.98. The van der Waals surface area contributed by atoms with E-state index in [4.69, 9.17) is 0 Å². The van der Waals surface area contributed by atoms with Gasteiger partial charge in [0.2, 0.25) is 0 Å². The topological polar surface area (TPSA) is 32.3 Å². The van der Waals surface area contributed by atoms with Crippen LogP contribution >= 0.6 is 11.3 Å². The molecule has 0 saturated heterocycles. The molecule has 0 aliphatic heterocycles. The molecule has 15 heavy (non-hydrogen) atoms. The molecule has 0 unspecified atom stereocenters. The Kier molecular flexibility index (Phi) is 2.67. The molecule has 1 heterocycles. The lowest BCUT2D eigenvalue weighted by atomic mass is 10.1. The van der Waals surface area contributed by atoms with Gasteiger partial charge < -0.3 is 10.4 Å². The maximum absolute atomic E-state index is 9.59. The van der Waals surface area contributed by atoms with Crippen molar-refractivity contribution in [3.05, 3.63) is 29.6 Å². The average Bonchev–Trinajstić information content (AvgIpc) is 2.60. The first kappa shape index (κ1) is 10.5. The number of anilines is 1. The van der Waals surface area contributed by atoms with E-state index in [1.54, 1.807) is 25.2 Å². The van der Waals surface area contributed by atoms with Crippen molar-refractivity contribution in [3.8, 4) is 0 Å². The molecule has 0 fully saturated rings. The van der Waals surface area contributed by atoms with Crippen LogP contribution in [0.4, 0.5) is 5.69 Å². The van der Waals surface area contributed by atoms with Crippen molar-refractivity contribution in [2.24, 2.45) is 0 Å². The zero-order valence-corrected chi connectivity index (χ0v) is 9.77. The quantitative estimate of drug-likeness (QED) is 0.834. The van der Waals surface area contributed by atoms with Gasteiger partial charge in [-0.25, -0.2) is 0 Å². The summed E-state index contributed by atoms with van der Waals surface area (Å²) in [5, 5.41) is 16.2. The highest BCUT2D eigenvalue weighted by atomic mass is 32.1. The van der Waals surface area contributed by atoms with E-state index in [1.165, 1.54) is 10.1 Å². The molecule has 3 heteroatoms. The van der Waals surface area contributed by atoms with Gasteiger partial charge >= 0.3 is 0 Å².